The summed E-state index contributed by atoms with van der Waals surface area (Å²) < 4.78 is 13.8. The van der Waals surface area contributed by atoms with Crippen molar-refractivity contribution in [1.82, 2.24) is 0 Å². The van der Waals surface area contributed by atoms with Crippen molar-refractivity contribution in [3.05, 3.63) is 29.6 Å². The Balaban J connectivity index is 2.16. The van der Waals surface area contributed by atoms with Crippen molar-refractivity contribution in [2.75, 3.05) is 11.9 Å². The summed E-state index contributed by atoms with van der Waals surface area (Å²) in [7, 11) is 2.10. The van der Waals surface area contributed by atoms with Gasteiger partial charge in [0.1, 0.15) is 5.82 Å². The van der Waals surface area contributed by atoms with Crippen LogP contribution in [0.15, 0.2) is 18.2 Å². The smallest absolute Gasteiger partial charge is 0.129 e. The molecule has 0 unspecified atom stereocenters. The fourth-order valence-electron chi connectivity index (χ4n) is 2.98. The Morgan fingerprint density at radius 1 is 1.32 bits per heavy atom. The van der Waals surface area contributed by atoms with Gasteiger partial charge in [0.15, 0.2) is 0 Å². The van der Waals surface area contributed by atoms with Gasteiger partial charge in [0.25, 0.3) is 0 Å². The number of benzene rings is 1. The Hall–Kier alpha value is -0.570. The van der Waals surface area contributed by atoms with Crippen LogP contribution in [0.3, 0.4) is 0 Å². The first-order valence-corrected chi connectivity index (χ1v) is 8.13. The Morgan fingerprint density at radius 2 is 1.95 bits per heavy atom. The molecule has 2 rings (SSSR count). The van der Waals surface area contributed by atoms with Crippen LogP contribution in [0.1, 0.15) is 45.1 Å². The third kappa shape index (κ3) is 3.31. The van der Waals surface area contributed by atoms with E-state index in [1.54, 1.807) is 6.07 Å². The van der Waals surface area contributed by atoms with Crippen LogP contribution >= 0.6 is 15.9 Å². The normalized spacial score (nSPS) is 19.4. The fraction of sp³-hybridized carbons (Fsp3) is 0.625. The molecule has 1 aliphatic carbocycles. The standard InChI is InChI=1S/C16H23BrFN/c1-16(2)9-7-12(8-10-16)19(3)15-6-4-5-14(18)13(15)11-17/h4-6,12H,7-11H2,1-3H3. The molecule has 106 valence electrons. The SMILES string of the molecule is CN(c1cccc(F)c1CBr)C1CCC(C)(C)CC1. The molecule has 3 heteroatoms. The predicted octanol–water partition coefficient (Wildman–Crippen LogP) is 5.13. The summed E-state index contributed by atoms with van der Waals surface area (Å²) in [6.45, 7) is 4.69. The highest BCUT2D eigenvalue weighted by atomic mass is 79.9. The molecule has 0 bridgehead atoms. The van der Waals surface area contributed by atoms with E-state index in [1.165, 1.54) is 31.7 Å². The number of alkyl halides is 1. The molecule has 0 aliphatic heterocycles. The number of nitrogens with zero attached hydrogens (tertiary/aromatic N) is 1. The lowest BCUT2D eigenvalue weighted by Crippen LogP contribution is -2.37. The maximum atomic E-state index is 13.8. The molecule has 0 aromatic heterocycles. The van der Waals surface area contributed by atoms with Gasteiger partial charge in [-0.15, -0.1) is 0 Å². The first kappa shape index (κ1) is 14.8. The number of halogens is 2. The third-order valence-corrected chi connectivity index (χ3v) is 5.02. The van der Waals surface area contributed by atoms with Gasteiger partial charge in [-0.1, -0.05) is 35.8 Å². The van der Waals surface area contributed by atoms with E-state index in [2.05, 4.69) is 41.7 Å². The topological polar surface area (TPSA) is 3.24 Å². The zero-order valence-electron chi connectivity index (χ0n) is 12.0. The second-order valence-electron chi connectivity index (χ2n) is 6.38. The Kier molecular flexibility index (Phi) is 4.54. The highest BCUT2D eigenvalue weighted by Crippen LogP contribution is 2.38. The van der Waals surface area contributed by atoms with E-state index in [0.717, 1.165) is 11.3 Å². The summed E-state index contributed by atoms with van der Waals surface area (Å²) in [5.41, 5.74) is 2.27. The summed E-state index contributed by atoms with van der Waals surface area (Å²) in [5, 5.41) is 0.567. The zero-order valence-corrected chi connectivity index (χ0v) is 13.6. The molecule has 0 atom stereocenters. The number of rotatable bonds is 3. The molecular formula is C16H23BrFN. The lowest BCUT2D eigenvalue weighted by Gasteiger charge is -2.40. The van der Waals surface area contributed by atoms with E-state index < -0.39 is 0 Å². The minimum Gasteiger partial charge on any atom is -0.371 e. The van der Waals surface area contributed by atoms with Gasteiger partial charge < -0.3 is 4.90 Å². The minimum atomic E-state index is -0.114. The molecule has 0 heterocycles. The summed E-state index contributed by atoms with van der Waals surface area (Å²) in [6.07, 6.45) is 4.89. The minimum absolute atomic E-state index is 0.114. The van der Waals surface area contributed by atoms with Crippen LogP contribution in [0.2, 0.25) is 0 Å². The van der Waals surface area contributed by atoms with Crippen LogP contribution in [-0.2, 0) is 5.33 Å². The van der Waals surface area contributed by atoms with Crippen LogP contribution in [0, 0.1) is 11.2 Å². The van der Waals surface area contributed by atoms with Gasteiger partial charge >= 0.3 is 0 Å². The van der Waals surface area contributed by atoms with Gasteiger partial charge in [-0.25, -0.2) is 4.39 Å². The molecule has 1 aromatic rings. The van der Waals surface area contributed by atoms with E-state index in [1.807, 2.05) is 6.07 Å². The van der Waals surface area contributed by atoms with Crippen LogP contribution in [-0.4, -0.2) is 13.1 Å². The average molecular weight is 328 g/mol. The van der Waals surface area contributed by atoms with Gasteiger partial charge in [0.2, 0.25) is 0 Å². The Morgan fingerprint density at radius 3 is 2.53 bits per heavy atom. The second-order valence-corrected chi connectivity index (χ2v) is 6.94. The van der Waals surface area contributed by atoms with E-state index in [0.29, 0.717) is 16.8 Å². The quantitative estimate of drug-likeness (QED) is 0.696. The average Bonchev–Trinajstić information content (AvgIpc) is 2.37. The van der Waals surface area contributed by atoms with Crippen LogP contribution in [0.4, 0.5) is 10.1 Å². The van der Waals surface area contributed by atoms with Crippen molar-refractivity contribution in [3.8, 4) is 0 Å². The summed E-state index contributed by atoms with van der Waals surface area (Å²) in [5.74, 6) is -0.114. The van der Waals surface area contributed by atoms with E-state index in [4.69, 9.17) is 0 Å². The van der Waals surface area contributed by atoms with Crippen LogP contribution in [0.25, 0.3) is 0 Å². The highest BCUT2D eigenvalue weighted by Gasteiger charge is 2.29. The summed E-state index contributed by atoms with van der Waals surface area (Å²) >= 11 is 3.40. The molecule has 1 nitrogen and oxygen atoms in total. The van der Waals surface area contributed by atoms with Gasteiger partial charge in [-0.3, -0.25) is 0 Å². The molecule has 1 fully saturated rings. The molecule has 0 saturated heterocycles. The van der Waals surface area contributed by atoms with Crippen molar-refractivity contribution < 1.29 is 4.39 Å². The van der Waals surface area contributed by atoms with Crippen molar-refractivity contribution in [3.63, 3.8) is 0 Å². The monoisotopic (exact) mass is 327 g/mol. The summed E-state index contributed by atoms with van der Waals surface area (Å²) in [6, 6.07) is 5.91. The second kappa shape index (κ2) is 5.82. The maximum absolute atomic E-state index is 13.8. The van der Waals surface area contributed by atoms with Crippen LogP contribution < -0.4 is 4.90 Å². The Labute approximate surface area is 124 Å². The lowest BCUT2D eigenvalue weighted by atomic mass is 9.75. The van der Waals surface area contributed by atoms with Crippen molar-refractivity contribution in [1.29, 1.82) is 0 Å². The molecule has 1 saturated carbocycles. The molecule has 19 heavy (non-hydrogen) atoms. The molecule has 0 spiro atoms. The first-order valence-electron chi connectivity index (χ1n) is 7.01. The Bertz CT molecular complexity index is 434. The first-order chi connectivity index (χ1) is 8.94. The number of anilines is 1. The van der Waals surface area contributed by atoms with Crippen LogP contribution in [0.5, 0.6) is 0 Å². The molecule has 1 aliphatic rings. The molecule has 0 N–H and O–H groups in total. The van der Waals surface area contributed by atoms with Crippen molar-refractivity contribution in [2.45, 2.75) is 50.9 Å². The third-order valence-electron chi connectivity index (χ3n) is 4.46. The highest BCUT2D eigenvalue weighted by molar-refractivity contribution is 9.08. The molecule has 0 radical (unpaired) electrons. The van der Waals surface area contributed by atoms with Crippen molar-refractivity contribution >= 4 is 21.6 Å². The van der Waals surface area contributed by atoms with Gasteiger partial charge in [0.05, 0.1) is 0 Å². The van der Waals surface area contributed by atoms with Gasteiger partial charge in [-0.05, 0) is 43.2 Å². The lowest BCUT2D eigenvalue weighted by molar-refractivity contribution is 0.222. The largest absolute Gasteiger partial charge is 0.371 e. The zero-order chi connectivity index (χ0) is 14.0. The number of hydrogen-bond donors (Lipinski definition) is 0. The van der Waals surface area contributed by atoms with Gasteiger partial charge in [0, 0.05) is 29.7 Å². The molecular weight excluding hydrogens is 305 g/mol. The molecule has 1 aromatic carbocycles. The van der Waals surface area contributed by atoms with Crippen molar-refractivity contribution in [2.24, 2.45) is 5.41 Å². The van der Waals surface area contributed by atoms with Gasteiger partial charge in [-0.2, -0.15) is 0 Å². The summed E-state index contributed by atoms with van der Waals surface area (Å²) in [4.78, 5) is 2.27. The van der Waals surface area contributed by atoms with E-state index in [9.17, 15) is 4.39 Å². The maximum Gasteiger partial charge on any atom is 0.129 e. The predicted molar refractivity (Wildman–Crippen MR) is 83.5 cm³/mol. The fourth-order valence-corrected chi connectivity index (χ4v) is 3.53. The number of hydrogen-bond acceptors (Lipinski definition) is 1. The van der Waals surface area contributed by atoms with E-state index >= 15 is 0 Å². The van der Waals surface area contributed by atoms with E-state index in [-0.39, 0.29) is 5.82 Å². The molecule has 0 amide bonds.